The van der Waals surface area contributed by atoms with Gasteiger partial charge in [-0.1, -0.05) is 54.6 Å². The molecule has 160 valence electrons. The van der Waals surface area contributed by atoms with Crippen LogP contribution in [0.2, 0.25) is 0 Å². The van der Waals surface area contributed by atoms with E-state index >= 15 is 0 Å². The number of ether oxygens (including phenoxy) is 2. The second-order valence-corrected chi connectivity index (χ2v) is 7.10. The van der Waals surface area contributed by atoms with E-state index in [-0.39, 0.29) is 34.6 Å². The van der Waals surface area contributed by atoms with Crippen LogP contribution in [-0.4, -0.2) is 37.2 Å². The Morgan fingerprint density at radius 1 is 0.812 bits per heavy atom. The first-order valence-electron chi connectivity index (χ1n) is 9.88. The van der Waals surface area contributed by atoms with E-state index < -0.39 is 24.3 Å². The van der Waals surface area contributed by atoms with Crippen LogP contribution in [0.3, 0.4) is 0 Å². The number of carbonyl (C=O) groups excluding carboxylic acids is 4. The Morgan fingerprint density at radius 3 is 2.22 bits per heavy atom. The van der Waals surface area contributed by atoms with Crippen LogP contribution in [0.5, 0.6) is 5.75 Å². The summed E-state index contributed by atoms with van der Waals surface area (Å²) in [6.07, 6.45) is 0. The molecule has 0 aromatic heterocycles. The molecule has 7 heteroatoms. The first-order valence-corrected chi connectivity index (χ1v) is 9.88. The molecule has 7 nitrogen and oxygen atoms in total. The molecule has 0 spiro atoms. The smallest absolute Gasteiger partial charge is 0.339 e. The molecule has 0 saturated carbocycles. The lowest BCUT2D eigenvalue weighted by atomic mass is 9.82. The molecular weight excluding hydrogens is 410 g/mol. The third-order valence-electron chi connectivity index (χ3n) is 5.18. The average Bonchev–Trinajstić information content (AvgIpc) is 2.84. The van der Waals surface area contributed by atoms with Crippen molar-refractivity contribution in [2.24, 2.45) is 0 Å². The standard InChI is InChI=1S/C25H19NO6/c1-31-20-12-5-2-7-15(20)13-26-21(27)14-32-25(30)19-11-6-10-18-22(19)24(29)17-9-4-3-8-16(17)23(18)28/h2-12H,13-14H2,1H3,(H,26,27). The number of methoxy groups -OCH3 is 1. The Bertz CT molecular complexity index is 1250. The van der Waals surface area contributed by atoms with Gasteiger partial charge in [-0.15, -0.1) is 0 Å². The lowest BCUT2D eigenvalue weighted by Gasteiger charge is -2.19. The molecule has 1 amide bonds. The highest BCUT2D eigenvalue weighted by atomic mass is 16.5. The van der Waals surface area contributed by atoms with E-state index in [1.54, 1.807) is 30.3 Å². The van der Waals surface area contributed by atoms with Crippen LogP contribution in [-0.2, 0) is 16.1 Å². The van der Waals surface area contributed by atoms with Crippen LogP contribution < -0.4 is 10.1 Å². The SMILES string of the molecule is COc1ccccc1CNC(=O)COC(=O)c1cccc2c1C(=O)c1ccccc1C2=O. The summed E-state index contributed by atoms with van der Waals surface area (Å²) in [5, 5.41) is 2.65. The normalized spacial score (nSPS) is 11.9. The molecule has 1 aliphatic carbocycles. The van der Waals surface area contributed by atoms with Crippen LogP contribution in [0.1, 0.15) is 47.8 Å². The topological polar surface area (TPSA) is 98.8 Å². The summed E-state index contributed by atoms with van der Waals surface area (Å²) in [6, 6.07) is 18.1. The fraction of sp³-hybridized carbons (Fsp3) is 0.120. The molecule has 3 aromatic rings. The van der Waals surface area contributed by atoms with Crippen molar-refractivity contribution < 1.29 is 28.7 Å². The largest absolute Gasteiger partial charge is 0.496 e. The summed E-state index contributed by atoms with van der Waals surface area (Å²) >= 11 is 0. The van der Waals surface area contributed by atoms with Gasteiger partial charge in [-0.25, -0.2) is 4.79 Å². The molecule has 0 saturated heterocycles. The maximum absolute atomic E-state index is 13.0. The van der Waals surface area contributed by atoms with E-state index in [0.717, 1.165) is 5.56 Å². The van der Waals surface area contributed by atoms with Crippen LogP contribution in [0.25, 0.3) is 0 Å². The molecular formula is C25H19NO6. The maximum Gasteiger partial charge on any atom is 0.339 e. The summed E-state index contributed by atoms with van der Waals surface area (Å²) < 4.78 is 10.4. The van der Waals surface area contributed by atoms with E-state index in [4.69, 9.17) is 9.47 Å². The summed E-state index contributed by atoms with van der Waals surface area (Å²) in [4.78, 5) is 50.6. The van der Waals surface area contributed by atoms with Gasteiger partial charge in [0.2, 0.25) is 0 Å². The highest BCUT2D eigenvalue weighted by molar-refractivity contribution is 6.30. The molecule has 3 aromatic carbocycles. The number of hydrogen-bond donors (Lipinski definition) is 1. The second kappa shape index (κ2) is 8.85. The molecule has 0 atom stereocenters. The van der Waals surface area contributed by atoms with E-state index in [0.29, 0.717) is 11.3 Å². The molecule has 0 heterocycles. The van der Waals surface area contributed by atoms with E-state index in [1.165, 1.54) is 25.3 Å². The highest BCUT2D eigenvalue weighted by Gasteiger charge is 2.33. The molecule has 0 aliphatic heterocycles. The summed E-state index contributed by atoms with van der Waals surface area (Å²) in [6.45, 7) is -0.332. The van der Waals surface area contributed by atoms with Gasteiger partial charge < -0.3 is 14.8 Å². The highest BCUT2D eigenvalue weighted by Crippen LogP contribution is 2.29. The summed E-state index contributed by atoms with van der Waals surface area (Å²) in [5.74, 6) is -1.50. The van der Waals surface area contributed by atoms with E-state index in [9.17, 15) is 19.2 Å². The zero-order valence-corrected chi connectivity index (χ0v) is 17.2. The van der Waals surface area contributed by atoms with Crippen molar-refractivity contribution in [3.05, 3.63) is 100 Å². The van der Waals surface area contributed by atoms with Crippen LogP contribution in [0, 0.1) is 0 Å². The van der Waals surface area contributed by atoms with Crippen molar-refractivity contribution in [1.82, 2.24) is 5.32 Å². The van der Waals surface area contributed by atoms with Gasteiger partial charge in [0, 0.05) is 34.4 Å². The number of carbonyl (C=O) groups is 4. The monoisotopic (exact) mass is 429 g/mol. The van der Waals surface area contributed by atoms with Gasteiger partial charge in [0.1, 0.15) is 5.75 Å². The Balaban J connectivity index is 1.46. The number of fused-ring (bicyclic) bond motifs is 2. The number of esters is 1. The number of amides is 1. The zero-order chi connectivity index (χ0) is 22.7. The van der Waals surface area contributed by atoms with Crippen molar-refractivity contribution in [3.8, 4) is 5.75 Å². The van der Waals surface area contributed by atoms with Crippen molar-refractivity contribution in [3.63, 3.8) is 0 Å². The van der Waals surface area contributed by atoms with Gasteiger partial charge in [-0.05, 0) is 12.1 Å². The first-order chi connectivity index (χ1) is 15.5. The molecule has 1 aliphatic rings. The van der Waals surface area contributed by atoms with Gasteiger partial charge in [-0.2, -0.15) is 0 Å². The molecule has 4 rings (SSSR count). The molecule has 0 bridgehead atoms. The second-order valence-electron chi connectivity index (χ2n) is 7.10. The Labute approximate surface area is 184 Å². The predicted molar refractivity (Wildman–Crippen MR) is 115 cm³/mol. The maximum atomic E-state index is 13.0. The number of para-hydroxylation sites is 1. The Kier molecular flexibility index (Phi) is 5.81. The molecule has 32 heavy (non-hydrogen) atoms. The predicted octanol–water partition coefficient (Wildman–Crippen LogP) is 2.94. The van der Waals surface area contributed by atoms with Crippen LogP contribution >= 0.6 is 0 Å². The number of benzene rings is 3. The fourth-order valence-electron chi connectivity index (χ4n) is 3.62. The van der Waals surface area contributed by atoms with Gasteiger partial charge in [0.15, 0.2) is 18.2 Å². The number of ketones is 2. The summed E-state index contributed by atoms with van der Waals surface area (Å²) in [5.41, 5.74) is 1.40. The number of hydrogen-bond acceptors (Lipinski definition) is 6. The molecule has 0 unspecified atom stereocenters. The fourth-order valence-corrected chi connectivity index (χ4v) is 3.62. The van der Waals surface area contributed by atoms with E-state index in [2.05, 4.69) is 5.32 Å². The van der Waals surface area contributed by atoms with Gasteiger partial charge >= 0.3 is 5.97 Å². The van der Waals surface area contributed by atoms with Crippen molar-refractivity contribution in [2.45, 2.75) is 6.54 Å². The first kappa shape index (κ1) is 21.0. The van der Waals surface area contributed by atoms with Crippen LogP contribution in [0.15, 0.2) is 66.7 Å². The lowest BCUT2D eigenvalue weighted by molar-refractivity contribution is -0.124. The minimum atomic E-state index is -0.852. The summed E-state index contributed by atoms with van der Waals surface area (Å²) in [7, 11) is 1.54. The number of nitrogens with one attached hydrogen (secondary N) is 1. The third-order valence-corrected chi connectivity index (χ3v) is 5.18. The van der Waals surface area contributed by atoms with Crippen molar-refractivity contribution in [1.29, 1.82) is 0 Å². The van der Waals surface area contributed by atoms with Crippen molar-refractivity contribution >= 4 is 23.4 Å². The van der Waals surface area contributed by atoms with Gasteiger partial charge in [0.05, 0.1) is 12.7 Å². The molecule has 0 fully saturated rings. The minimum Gasteiger partial charge on any atom is -0.496 e. The quantitative estimate of drug-likeness (QED) is 0.473. The van der Waals surface area contributed by atoms with E-state index in [1.807, 2.05) is 18.2 Å². The minimum absolute atomic E-state index is 0.00405. The Hall–Kier alpha value is -4.26. The molecule has 1 N–H and O–H groups in total. The van der Waals surface area contributed by atoms with Crippen molar-refractivity contribution in [2.75, 3.05) is 13.7 Å². The zero-order valence-electron chi connectivity index (χ0n) is 17.2. The van der Waals surface area contributed by atoms with Gasteiger partial charge in [0.25, 0.3) is 5.91 Å². The number of rotatable bonds is 6. The lowest BCUT2D eigenvalue weighted by Crippen LogP contribution is -2.29. The van der Waals surface area contributed by atoms with Gasteiger partial charge in [-0.3, -0.25) is 14.4 Å². The average molecular weight is 429 g/mol. The third kappa shape index (κ3) is 3.88. The Morgan fingerprint density at radius 2 is 1.47 bits per heavy atom. The molecule has 0 radical (unpaired) electrons. The van der Waals surface area contributed by atoms with Crippen LogP contribution in [0.4, 0.5) is 0 Å².